The van der Waals surface area contributed by atoms with Gasteiger partial charge in [0.2, 0.25) is 0 Å². The highest BCUT2D eigenvalue weighted by Gasteiger charge is 2.29. The fraction of sp³-hybridized carbons (Fsp3) is 0.129. The maximum atomic E-state index is 14.2. The van der Waals surface area contributed by atoms with Crippen molar-refractivity contribution < 1.29 is 23.2 Å². The van der Waals surface area contributed by atoms with Crippen molar-refractivity contribution in [3.8, 4) is 22.6 Å². The lowest BCUT2D eigenvalue weighted by Crippen LogP contribution is -2.16. The van der Waals surface area contributed by atoms with Gasteiger partial charge in [-0.05, 0) is 64.9 Å². The number of ether oxygens (including phenoxy) is 1. The summed E-state index contributed by atoms with van der Waals surface area (Å²) in [5.41, 5.74) is 6.48. The number of fused-ring (bicyclic) bond motifs is 1. The summed E-state index contributed by atoms with van der Waals surface area (Å²) >= 11 is 0. The van der Waals surface area contributed by atoms with Crippen molar-refractivity contribution >= 4 is 21.8 Å². The van der Waals surface area contributed by atoms with Crippen LogP contribution in [0, 0.1) is 5.82 Å². The summed E-state index contributed by atoms with van der Waals surface area (Å²) in [4.78, 5) is 11.8. The Labute approximate surface area is 222 Å². The molecule has 0 saturated heterocycles. The molecule has 1 heterocycles. The third-order valence-corrected chi connectivity index (χ3v) is 8.21. The third-order valence-electron chi connectivity index (χ3n) is 7.09. The molecule has 1 amide bonds. The Morgan fingerprint density at radius 1 is 0.947 bits per heavy atom. The van der Waals surface area contributed by atoms with E-state index < -0.39 is 16.9 Å². The van der Waals surface area contributed by atoms with Gasteiger partial charge in [0.05, 0.1) is 4.91 Å². The molecule has 6 rings (SSSR count). The molecule has 7 heteroatoms. The molecular formula is C31H24FNO4S. The number of nitrogens with one attached hydrogen (secondary N) is 1. The first kappa shape index (κ1) is 24.1. The first-order valence-corrected chi connectivity index (χ1v) is 13.5. The van der Waals surface area contributed by atoms with Crippen LogP contribution in [0.1, 0.15) is 40.2 Å². The molecule has 2 aliphatic rings. The fourth-order valence-electron chi connectivity index (χ4n) is 5.33. The van der Waals surface area contributed by atoms with Gasteiger partial charge in [-0.2, -0.15) is 0 Å². The van der Waals surface area contributed by atoms with Crippen LogP contribution in [0.5, 0.6) is 11.5 Å². The lowest BCUT2D eigenvalue weighted by atomic mass is 9.90. The van der Waals surface area contributed by atoms with Crippen LogP contribution in [0.3, 0.4) is 0 Å². The standard InChI is InChI=1S/C31H24FNO4S/c32-21-10-12-26(29(16-21)37-18-19-5-2-1-3-6-19)24-8-4-7-23-22(13-14-25(23)24)20-9-11-27(28(34)15-20)30-17-31(35)33-38(30)36/h1-12,15-17,22,34H,13-14,18H2,(H,33,35)/t22-,38?/m1/s1. The van der Waals surface area contributed by atoms with Gasteiger partial charge in [0.25, 0.3) is 5.91 Å². The van der Waals surface area contributed by atoms with Gasteiger partial charge in [-0.25, -0.2) is 8.60 Å². The Morgan fingerprint density at radius 3 is 2.53 bits per heavy atom. The molecule has 0 radical (unpaired) electrons. The highest BCUT2D eigenvalue weighted by Crippen LogP contribution is 2.45. The fourth-order valence-corrected chi connectivity index (χ4v) is 6.26. The average molecular weight is 526 g/mol. The number of hydrogen-bond acceptors (Lipinski definition) is 4. The Morgan fingerprint density at radius 2 is 1.76 bits per heavy atom. The maximum Gasteiger partial charge on any atom is 0.257 e. The van der Waals surface area contributed by atoms with E-state index in [1.54, 1.807) is 18.2 Å². The SMILES string of the molecule is O=C1C=C(c2ccc([C@H]3CCc4c(-c5ccc(F)cc5OCc5ccccc5)cccc43)cc2O)S(=O)N1. The van der Waals surface area contributed by atoms with E-state index in [-0.39, 0.29) is 22.4 Å². The summed E-state index contributed by atoms with van der Waals surface area (Å²) in [5.74, 6) is -0.256. The van der Waals surface area contributed by atoms with Crippen LogP contribution in [-0.4, -0.2) is 15.2 Å². The second-order valence-corrected chi connectivity index (χ2v) is 10.6. The van der Waals surface area contributed by atoms with Crippen LogP contribution in [0.2, 0.25) is 0 Å². The third kappa shape index (κ3) is 4.50. The Bertz CT molecular complexity index is 1620. The molecule has 190 valence electrons. The molecule has 0 spiro atoms. The van der Waals surface area contributed by atoms with Gasteiger partial charge < -0.3 is 9.84 Å². The van der Waals surface area contributed by atoms with Crippen molar-refractivity contribution in [1.82, 2.24) is 4.72 Å². The largest absolute Gasteiger partial charge is 0.507 e. The second-order valence-electron chi connectivity index (χ2n) is 9.40. The number of amides is 1. The molecule has 1 aliphatic carbocycles. The molecule has 0 fully saturated rings. The molecule has 2 N–H and O–H groups in total. The van der Waals surface area contributed by atoms with Crippen LogP contribution >= 0.6 is 0 Å². The van der Waals surface area contributed by atoms with Crippen LogP contribution in [-0.2, 0) is 28.8 Å². The van der Waals surface area contributed by atoms with Crippen LogP contribution < -0.4 is 9.46 Å². The number of rotatable bonds is 6. The summed E-state index contributed by atoms with van der Waals surface area (Å²) < 4.78 is 34.8. The minimum atomic E-state index is -1.68. The minimum Gasteiger partial charge on any atom is -0.507 e. The second kappa shape index (κ2) is 9.91. The summed E-state index contributed by atoms with van der Waals surface area (Å²) in [6, 6.07) is 25.9. The van der Waals surface area contributed by atoms with E-state index in [0.29, 0.717) is 17.9 Å². The molecule has 4 aromatic rings. The van der Waals surface area contributed by atoms with Gasteiger partial charge in [-0.1, -0.05) is 54.6 Å². The number of phenols is 1. The molecule has 0 aromatic heterocycles. The van der Waals surface area contributed by atoms with E-state index >= 15 is 0 Å². The van der Waals surface area contributed by atoms with Gasteiger partial charge in [0.1, 0.15) is 23.9 Å². The van der Waals surface area contributed by atoms with E-state index in [0.717, 1.165) is 40.7 Å². The zero-order valence-electron chi connectivity index (χ0n) is 20.3. The van der Waals surface area contributed by atoms with Gasteiger partial charge in [-0.3, -0.25) is 9.52 Å². The number of carbonyl (C=O) groups is 1. The van der Waals surface area contributed by atoms with Gasteiger partial charge in [-0.15, -0.1) is 0 Å². The Balaban J connectivity index is 1.33. The summed E-state index contributed by atoms with van der Waals surface area (Å²) in [6.45, 7) is 0.336. The van der Waals surface area contributed by atoms with E-state index in [9.17, 15) is 18.5 Å². The monoisotopic (exact) mass is 525 g/mol. The topological polar surface area (TPSA) is 75.6 Å². The van der Waals surface area contributed by atoms with Crippen molar-refractivity contribution in [2.75, 3.05) is 0 Å². The lowest BCUT2D eigenvalue weighted by Gasteiger charge is -2.17. The zero-order valence-corrected chi connectivity index (χ0v) is 21.1. The summed E-state index contributed by atoms with van der Waals surface area (Å²) in [6.07, 6.45) is 2.92. The number of halogens is 1. The van der Waals surface area contributed by atoms with Crippen molar-refractivity contribution in [1.29, 1.82) is 0 Å². The molecule has 2 atom stereocenters. The summed E-state index contributed by atoms with van der Waals surface area (Å²) in [7, 11) is -1.68. The number of aromatic hydroxyl groups is 1. The summed E-state index contributed by atoms with van der Waals surface area (Å²) in [5, 5.41) is 10.7. The predicted molar refractivity (Wildman–Crippen MR) is 145 cm³/mol. The Hall–Kier alpha value is -4.23. The number of benzene rings is 4. The molecule has 0 saturated carbocycles. The maximum absolute atomic E-state index is 14.2. The predicted octanol–water partition coefficient (Wildman–Crippen LogP) is 5.99. The van der Waals surface area contributed by atoms with E-state index in [2.05, 4.69) is 10.8 Å². The first-order chi connectivity index (χ1) is 18.5. The van der Waals surface area contributed by atoms with Crippen molar-refractivity contribution in [2.24, 2.45) is 0 Å². The van der Waals surface area contributed by atoms with Crippen LogP contribution in [0.15, 0.2) is 91.0 Å². The first-order valence-electron chi connectivity index (χ1n) is 12.3. The molecule has 4 aromatic carbocycles. The Kier molecular flexibility index (Phi) is 6.29. The quantitative estimate of drug-likeness (QED) is 0.324. The van der Waals surface area contributed by atoms with Gasteiger partial charge >= 0.3 is 0 Å². The van der Waals surface area contributed by atoms with Crippen molar-refractivity contribution in [3.63, 3.8) is 0 Å². The molecule has 1 unspecified atom stereocenters. The zero-order chi connectivity index (χ0) is 26.2. The van der Waals surface area contributed by atoms with Crippen molar-refractivity contribution in [2.45, 2.75) is 25.4 Å². The smallest absolute Gasteiger partial charge is 0.257 e. The van der Waals surface area contributed by atoms with E-state index in [1.807, 2.05) is 48.5 Å². The normalized spacial score (nSPS) is 18.1. The molecule has 1 aliphatic heterocycles. The van der Waals surface area contributed by atoms with E-state index in [1.165, 1.54) is 23.8 Å². The highest BCUT2D eigenvalue weighted by atomic mass is 32.2. The molecule has 0 bridgehead atoms. The highest BCUT2D eigenvalue weighted by molar-refractivity contribution is 7.94. The number of hydrogen-bond donors (Lipinski definition) is 2. The number of phenolic OH excluding ortho intramolecular Hbond substituents is 1. The van der Waals surface area contributed by atoms with Crippen LogP contribution in [0.4, 0.5) is 4.39 Å². The van der Waals surface area contributed by atoms with E-state index in [4.69, 9.17) is 4.74 Å². The number of carbonyl (C=O) groups excluding carboxylic acids is 1. The van der Waals surface area contributed by atoms with Gasteiger partial charge in [0, 0.05) is 29.2 Å². The molecule has 38 heavy (non-hydrogen) atoms. The van der Waals surface area contributed by atoms with Crippen LogP contribution in [0.25, 0.3) is 16.0 Å². The average Bonchev–Trinajstić information content (AvgIpc) is 3.50. The van der Waals surface area contributed by atoms with Gasteiger partial charge in [0.15, 0.2) is 11.0 Å². The molecule has 5 nitrogen and oxygen atoms in total. The molecular weight excluding hydrogens is 501 g/mol. The van der Waals surface area contributed by atoms with Crippen molar-refractivity contribution in [3.05, 3.63) is 125 Å². The lowest BCUT2D eigenvalue weighted by molar-refractivity contribution is -0.114. The minimum absolute atomic E-state index is 0.0154.